The number of carbonyl (C=O) groups is 1. The van der Waals surface area contributed by atoms with Crippen LogP contribution in [0.5, 0.6) is 0 Å². The molecule has 1 aliphatic heterocycles. The van der Waals surface area contributed by atoms with E-state index in [0.717, 1.165) is 17.7 Å². The van der Waals surface area contributed by atoms with E-state index in [9.17, 15) is 10.1 Å². The minimum absolute atomic E-state index is 0.0603. The molecule has 1 N–H and O–H groups in total. The van der Waals surface area contributed by atoms with Crippen molar-refractivity contribution in [1.29, 1.82) is 5.26 Å². The van der Waals surface area contributed by atoms with Crippen LogP contribution >= 0.6 is 11.6 Å². The first kappa shape index (κ1) is 27.5. The molecule has 6 nitrogen and oxygen atoms in total. The van der Waals surface area contributed by atoms with Crippen LogP contribution in [0.4, 0.5) is 10.5 Å². The molecule has 0 unspecified atom stereocenters. The van der Waals surface area contributed by atoms with Gasteiger partial charge in [-0.1, -0.05) is 32.4 Å². The third-order valence-electron chi connectivity index (χ3n) is 6.68. The molecular formula is C25H40ClN3O3Si. The summed E-state index contributed by atoms with van der Waals surface area (Å²) in [6.45, 7) is 21.3. The monoisotopic (exact) mass is 493 g/mol. The van der Waals surface area contributed by atoms with E-state index < -0.39 is 13.9 Å². The highest BCUT2D eigenvalue weighted by Crippen LogP contribution is 2.40. The fraction of sp³-hybridized carbons (Fsp3) is 0.680. The summed E-state index contributed by atoms with van der Waals surface area (Å²) in [5.74, 6) is 0. The first-order chi connectivity index (χ1) is 15.0. The number of nitrogens with zero attached hydrogens (tertiary/aromatic N) is 2. The third-order valence-corrected chi connectivity index (χ3v) is 11.7. The smallest absolute Gasteiger partial charge is 0.410 e. The molecule has 1 aromatic rings. The Balaban J connectivity index is 2.37. The fourth-order valence-electron chi connectivity index (χ4n) is 3.85. The van der Waals surface area contributed by atoms with Crippen LogP contribution in [-0.4, -0.2) is 49.6 Å². The predicted molar refractivity (Wildman–Crippen MR) is 137 cm³/mol. The van der Waals surface area contributed by atoms with E-state index in [4.69, 9.17) is 20.8 Å². The summed E-state index contributed by atoms with van der Waals surface area (Å²) in [6, 6.07) is 5.37. The number of likely N-dealkylation sites (tertiary alicyclic amines) is 1. The van der Waals surface area contributed by atoms with Crippen molar-refractivity contribution in [3.8, 4) is 6.07 Å². The first-order valence-electron chi connectivity index (χ1n) is 11.6. The lowest BCUT2D eigenvalue weighted by atomic mass is 10.0. The SMILES string of the molecule is Cc1c(N[C@@H](C)[C@@H]2[C@@H](O[Si](C)(C)C(C)(C)C)CCN2C(=O)OC(C)(C)C)ccc(C#N)c1Cl. The van der Waals surface area contributed by atoms with Crippen molar-refractivity contribution >= 4 is 31.7 Å². The zero-order chi connectivity index (χ0) is 25.4. The van der Waals surface area contributed by atoms with Gasteiger partial charge < -0.3 is 19.4 Å². The average Bonchev–Trinajstić information content (AvgIpc) is 3.06. The normalized spacial score (nSPS) is 20.4. The van der Waals surface area contributed by atoms with E-state index >= 15 is 0 Å². The molecule has 0 aliphatic carbocycles. The van der Waals surface area contributed by atoms with Gasteiger partial charge in [-0.25, -0.2) is 4.79 Å². The number of rotatable bonds is 5. The number of hydrogen-bond acceptors (Lipinski definition) is 5. The van der Waals surface area contributed by atoms with Gasteiger partial charge in [0.25, 0.3) is 0 Å². The Bertz CT molecular complexity index is 915. The molecule has 2 rings (SSSR count). The number of hydrogen-bond donors (Lipinski definition) is 1. The number of benzene rings is 1. The minimum Gasteiger partial charge on any atom is -0.444 e. The molecule has 1 fully saturated rings. The molecule has 0 bridgehead atoms. The van der Waals surface area contributed by atoms with Crippen molar-refractivity contribution in [2.45, 2.75) is 104 Å². The maximum Gasteiger partial charge on any atom is 0.410 e. The summed E-state index contributed by atoms with van der Waals surface area (Å²) >= 11 is 6.39. The van der Waals surface area contributed by atoms with Crippen molar-refractivity contribution in [3.05, 3.63) is 28.3 Å². The molecule has 1 aromatic carbocycles. The summed E-state index contributed by atoms with van der Waals surface area (Å²) in [7, 11) is -2.06. The van der Waals surface area contributed by atoms with E-state index in [2.05, 4.69) is 52.2 Å². The Hall–Kier alpha value is -1.75. The van der Waals surface area contributed by atoms with E-state index in [1.54, 1.807) is 11.0 Å². The molecule has 1 aliphatic rings. The van der Waals surface area contributed by atoms with Gasteiger partial charge >= 0.3 is 6.09 Å². The van der Waals surface area contributed by atoms with Crippen LogP contribution in [0.1, 0.15) is 66.0 Å². The van der Waals surface area contributed by atoms with Crippen LogP contribution in [0.25, 0.3) is 0 Å². The van der Waals surface area contributed by atoms with Crippen LogP contribution in [0, 0.1) is 18.3 Å². The highest BCUT2D eigenvalue weighted by Gasteiger charge is 2.47. The summed E-state index contributed by atoms with van der Waals surface area (Å²) in [5.41, 5.74) is 1.52. The second kappa shape index (κ2) is 9.85. The number of ether oxygens (including phenoxy) is 1. The number of amides is 1. The largest absolute Gasteiger partial charge is 0.444 e. The van der Waals surface area contributed by atoms with Crippen molar-refractivity contribution < 1.29 is 14.0 Å². The van der Waals surface area contributed by atoms with Gasteiger partial charge in [0.05, 0.1) is 22.7 Å². The van der Waals surface area contributed by atoms with Crippen molar-refractivity contribution in [2.75, 3.05) is 11.9 Å². The molecule has 33 heavy (non-hydrogen) atoms. The molecule has 1 heterocycles. The molecule has 0 saturated carbocycles. The number of halogens is 1. The van der Waals surface area contributed by atoms with E-state index in [0.29, 0.717) is 17.1 Å². The molecule has 3 atom stereocenters. The zero-order valence-electron chi connectivity index (χ0n) is 21.8. The van der Waals surface area contributed by atoms with Gasteiger partial charge in [-0.05, 0) is 76.9 Å². The highest BCUT2D eigenvalue weighted by atomic mass is 35.5. The summed E-state index contributed by atoms with van der Waals surface area (Å²) in [6.07, 6.45) is 0.336. The lowest BCUT2D eigenvalue weighted by Crippen LogP contribution is -2.54. The van der Waals surface area contributed by atoms with Gasteiger partial charge in [0.2, 0.25) is 0 Å². The van der Waals surface area contributed by atoms with Gasteiger partial charge in [0.15, 0.2) is 8.32 Å². The molecule has 0 spiro atoms. The van der Waals surface area contributed by atoms with Crippen LogP contribution in [0.3, 0.4) is 0 Å². The zero-order valence-corrected chi connectivity index (χ0v) is 23.6. The molecule has 1 amide bonds. The van der Waals surface area contributed by atoms with E-state index in [1.165, 1.54) is 0 Å². The Morgan fingerprint density at radius 1 is 1.27 bits per heavy atom. The number of carbonyl (C=O) groups excluding carboxylic acids is 1. The minimum atomic E-state index is -2.06. The van der Waals surface area contributed by atoms with Gasteiger partial charge in [0, 0.05) is 18.3 Å². The molecular weight excluding hydrogens is 454 g/mol. The molecule has 0 aromatic heterocycles. The Morgan fingerprint density at radius 3 is 2.39 bits per heavy atom. The lowest BCUT2D eigenvalue weighted by Gasteiger charge is -2.42. The lowest BCUT2D eigenvalue weighted by molar-refractivity contribution is 0.0146. The molecule has 1 saturated heterocycles. The Morgan fingerprint density at radius 2 is 1.88 bits per heavy atom. The van der Waals surface area contributed by atoms with Crippen molar-refractivity contribution in [1.82, 2.24) is 4.90 Å². The van der Waals surface area contributed by atoms with Gasteiger partial charge in [-0.3, -0.25) is 0 Å². The average molecular weight is 494 g/mol. The topological polar surface area (TPSA) is 74.6 Å². The third kappa shape index (κ3) is 6.43. The van der Waals surface area contributed by atoms with Crippen LogP contribution in [0.15, 0.2) is 12.1 Å². The van der Waals surface area contributed by atoms with Gasteiger partial charge in [-0.15, -0.1) is 0 Å². The summed E-state index contributed by atoms with van der Waals surface area (Å²) in [5, 5.41) is 13.3. The van der Waals surface area contributed by atoms with Crippen LogP contribution < -0.4 is 5.32 Å². The number of nitriles is 1. The number of anilines is 1. The first-order valence-corrected chi connectivity index (χ1v) is 14.9. The highest BCUT2D eigenvalue weighted by molar-refractivity contribution is 6.74. The molecule has 0 radical (unpaired) electrons. The quantitative estimate of drug-likeness (QED) is 0.460. The maximum absolute atomic E-state index is 13.1. The number of nitrogens with one attached hydrogen (secondary N) is 1. The van der Waals surface area contributed by atoms with E-state index in [1.807, 2.05) is 33.8 Å². The fourth-order valence-corrected chi connectivity index (χ4v) is 5.43. The summed E-state index contributed by atoms with van der Waals surface area (Å²) in [4.78, 5) is 14.9. The van der Waals surface area contributed by atoms with Crippen molar-refractivity contribution in [2.24, 2.45) is 0 Å². The standard InChI is InChI=1S/C25H40ClN3O3Si/c1-16-19(12-11-18(15-27)21(16)26)28-17(2)22-20(32-33(9,10)25(6,7)8)13-14-29(22)23(30)31-24(3,4)5/h11-12,17,20,22,28H,13-14H2,1-10H3/t17-,20-,22+/m0/s1. The van der Waals surface area contributed by atoms with Crippen LogP contribution in [-0.2, 0) is 9.16 Å². The Kier molecular flexibility index (Phi) is 8.21. The predicted octanol–water partition coefficient (Wildman–Crippen LogP) is 6.72. The summed E-state index contributed by atoms with van der Waals surface area (Å²) < 4.78 is 12.5. The second-order valence-electron chi connectivity index (χ2n) is 11.5. The maximum atomic E-state index is 13.1. The molecule has 8 heteroatoms. The van der Waals surface area contributed by atoms with Gasteiger partial charge in [0.1, 0.15) is 11.7 Å². The van der Waals surface area contributed by atoms with Crippen LogP contribution in [0.2, 0.25) is 23.2 Å². The second-order valence-corrected chi connectivity index (χ2v) is 16.6. The van der Waals surface area contributed by atoms with E-state index in [-0.39, 0.29) is 29.3 Å². The molecule has 184 valence electrons. The Labute approximate surface area is 205 Å². The van der Waals surface area contributed by atoms with Crippen molar-refractivity contribution in [3.63, 3.8) is 0 Å². The van der Waals surface area contributed by atoms with Gasteiger partial charge in [-0.2, -0.15) is 5.26 Å².